The fourth-order valence-electron chi connectivity index (χ4n) is 2.68. The van der Waals surface area contributed by atoms with E-state index in [2.05, 4.69) is 15.0 Å². The molecule has 0 bridgehead atoms. The van der Waals surface area contributed by atoms with Gasteiger partial charge in [0.2, 0.25) is 5.65 Å². The van der Waals surface area contributed by atoms with E-state index in [4.69, 9.17) is 16.0 Å². The first-order chi connectivity index (χ1) is 11.7. The molecule has 7 nitrogen and oxygen atoms in total. The average Bonchev–Trinajstić information content (AvgIpc) is 3.06. The minimum absolute atomic E-state index is 0.0435. The van der Waals surface area contributed by atoms with Crippen molar-refractivity contribution in [3.63, 3.8) is 0 Å². The fraction of sp³-hybridized carbons (Fsp3) is 0.250. The molecule has 3 aromatic rings. The van der Waals surface area contributed by atoms with Gasteiger partial charge in [0.15, 0.2) is 5.58 Å². The summed E-state index contributed by atoms with van der Waals surface area (Å²) in [5.41, 5.74) is 1.80. The molecule has 122 valence electrons. The number of halogens is 1. The first-order valence-electron chi connectivity index (χ1n) is 7.58. The molecule has 0 unspecified atom stereocenters. The molecule has 0 N–H and O–H groups in total. The van der Waals surface area contributed by atoms with Gasteiger partial charge >= 0.3 is 0 Å². The number of hydrogen-bond donors (Lipinski definition) is 0. The van der Waals surface area contributed by atoms with E-state index in [1.165, 1.54) is 6.20 Å². The second kappa shape index (κ2) is 6.09. The molecule has 0 aliphatic carbocycles. The van der Waals surface area contributed by atoms with Crippen LogP contribution in [0.4, 0.5) is 6.01 Å². The maximum absolute atomic E-state index is 12.5. The molecule has 3 aromatic heterocycles. The van der Waals surface area contributed by atoms with E-state index in [0.29, 0.717) is 54.1 Å². The summed E-state index contributed by atoms with van der Waals surface area (Å²) in [4.78, 5) is 28.8. The Balaban J connectivity index is 1.44. The van der Waals surface area contributed by atoms with Crippen molar-refractivity contribution in [2.75, 3.05) is 31.1 Å². The van der Waals surface area contributed by atoms with Crippen molar-refractivity contribution in [1.29, 1.82) is 0 Å². The maximum Gasteiger partial charge on any atom is 0.300 e. The Bertz CT molecular complexity index is 839. The molecule has 1 saturated heterocycles. The van der Waals surface area contributed by atoms with Gasteiger partial charge in [-0.05, 0) is 24.3 Å². The number of aromatic nitrogens is 3. The van der Waals surface area contributed by atoms with Crippen molar-refractivity contribution in [3.05, 3.63) is 47.4 Å². The van der Waals surface area contributed by atoms with E-state index >= 15 is 0 Å². The quantitative estimate of drug-likeness (QED) is 0.664. The highest BCUT2D eigenvalue weighted by Crippen LogP contribution is 2.21. The van der Waals surface area contributed by atoms with Crippen LogP contribution in [0.5, 0.6) is 0 Å². The minimum Gasteiger partial charge on any atom is -0.422 e. The van der Waals surface area contributed by atoms with E-state index in [1.54, 1.807) is 23.2 Å². The monoisotopic (exact) mass is 343 g/mol. The molecule has 24 heavy (non-hydrogen) atoms. The van der Waals surface area contributed by atoms with Crippen LogP contribution < -0.4 is 4.90 Å². The summed E-state index contributed by atoms with van der Waals surface area (Å²) in [6.07, 6.45) is 3.19. The Morgan fingerprint density at radius 2 is 1.96 bits per heavy atom. The SMILES string of the molecule is O=C(c1ccc(Cl)nc1)N1CCN(c2nc3ncccc3o2)CC1. The first kappa shape index (κ1) is 14.9. The van der Waals surface area contributed by atoms with Gasteiger partial charge in [0.05, 0.1) is 5.56 Å². The lowest BCUT2D eigenvalue weighted by atomic mass is 10.2. The second-order valence-electron chi connectivity index (χ2n) is 5.47. The zero-order valence-electron chi connectivity index (χ0n) is 12.7. The zero-order chi connectivity index (χ0) is 16.5. The molecule has 4 rings (SSSR count). The summed E-state index contributed by atoms with van der Waals surface area (Å²) < 4.78 is 5.73. The predicted octanol–water partition coefficient (Wildman–Crippen LogP) is 2.23. The molecule has 0 saturated carbocycles. The van der Waals surface area contributed by atoms with Crippen LogP contribution in [0.15, 0.2) is 41.1 Å². The van der Waals surface area contributed by atoms with Crippen LogP contribution >= 0.6 is 11.6 Å². The van der Waals surface area contributed by atoms with Crippen molar-refractivity contribution in [2.45, 2.75) is 0 Å². The van der Waals surface area contributed by atoms with Crippen molar-refractivity contribution in [2.24, 2.45) is 0 Å². The Kier molecular flexibility index (Phi) is 3.78. The Labute approximate surface area is 142 Å². The normalized spacial score (nSPS) is 15.0. The number of pyridine rings is 2. The summed E-state index contributed by atoms with van der Waals surface area (Å²) in [6, 6.07) is 7.51. The average molecular weight is 344 g/mol. The molecular weight excluding hydrogens is 330 g/mol. The van der Waals surface area contributed by atoms with E-state index in [-0.39, 0.29) is 5.91 Å². The van der Waals surface area contributed by atoms with E-state index in [9.17, 15) is 4.79 Å². The Hall–Kier alpha value is -2.67. The van der Waals surface area contributed by atoms with Gasteiger partial charge in [-0.25, -0.2) is 9.97 Å². The number of piperazine rings is 1. The lowest BCUT2D eigenvalue weighted by molar-refractivity contribution is 0.0744. The van der Waals surface area contributed by atoms with E-state index in [0.717, 1.165) is 0 Å². The van der Waals surface area contributed by atoms with Gasteiger partial charge < -0.3 is 14.2 Å². The van der Waals surface area contributed by atoms with Crippen LogP contribution in [-0.4, -0.2) is 51.9 Å². The molecule has 1 fully saturated rings. The smallest absolute Gasteiger partial charge is 0.300 e. The van der Waals surface area contributed by atoms with Gasteiger partial charge in [0.25, 0.3) is 11.9 Å². The van der Waals surface area contributed by atoms with Gasteiger partial charge in [-0.3, -0.25) is 4.79 Å². The molecule has 0 aromatic carbocycles. The number of amides is 1. The van der Waals surface area contributed by atoms with Crippen LogP contribution in [0.1, 0.15) is 10.4 Å². The highest BCUT2D eigenvalue weighted by molar-refractivity contribution is 6.29. The fourth-order valence-corrected chi connectivity index (χ4v) is 2.79. The van der Waals surface area contributed by atoms with Gasteiger partial charge in [-0.1, -0.05) is 11.6 Å². The van der Waals surface area contributed by atoms with E-state index in [1.807, 2.05) is 17.0 Å². The molecule has 0 spiro atoms. The molecule has 1 aliphatic rings. The molecule has 1 aliphatic heterocycles. The number of rotatable bonds is 2. The number of hydrogen-bond acceptors (Lipinski definition) is 6. The van der Waals surface area contributed by atoms with Crippen molar-refractivity contribution >= 4 is 34.8 Å². The standard InChI is InChI=1S/C16H14ClN5O2/c17-13-4-3-11(10-19-13)15(23)21-6-8-22(9-7-21)16-20-14-12(24-16)2-1-5-18-14/h1-5,10H,6-9H2. The predicted molar refractivity (Wildman–Crippen MR) is 89.2 cm³/mol. The number of carbonyl (C=O) groups excluding carboxylic acids is 1. The summed E-state index contributed by atoms with van der Waals surface area (Å²) in [5, 5.41) is 0.376. The summed E-state index contributed by atoms with van der Waals surface area (Å²) in [7, 11) is 0. The lowest BCUT2D eigenvalue weighted by Crippen LogP contribution is -2.48. The number of oxazole rings is 1. The highest BCUT2D eigenvalue weighted by Gasteiger charge is 2.25. The number of nitrogens with zero attached hydrogens (tertiary/aromatic N) is 5. The minimum atomic E-state index is -0.0435. The van der Waals surface area contributed by atoms with Crippen LogP contribution in [0, 0.1) is 0 Å². The molecule has 0 radical (unpaired) electrons. The number of anilines is 1. The number of fused-ring (bicyclic) bond motifs is 1. The molecule has 4 heterocycles. The van der Waals surface area contributed by atoms with Crippen molar-refractivity contribution in [3.8, 4) is 0 Å². The van der Waals surface area contributed by atoms with Crippen LogP contribution in [0.3, 0.4) is 0 Å². The zero-order valence-corrected chi connectivity index (χ0v) is 13.5. The van der Waals surface area contributed by atoms with Gasteiger partial charge in [0.1, 0.15) is 5.15 Å². The highest BCUT2D eigenvalue weighted by atomic mass is 35.5. The van der Waals surface area contributed by atoms with E-state index < -0.39 is 0 Å². The first-order valence-corrected chi connectivity index (χ1v) is 7.96. The van der Waals surface area contributed by atoms with Gasteiger partial charge in [-0.15, -0.1) is 0 Å². The summed E-state index contributed by atoms with van der Waals surface area (Å²) in [5.74, 6) is -0.0435. The molecule has 8 heteroatoms. The number of carbonyl (C=O) groups is 1. The van der Waals surface area contributed by atoms with Crippen LogP contribution in [-0.2, 0) is 0 Å². The Morgan fingerprint density at radius 3 is 2.67 bits per heavy atom. The maximum atomic E-state index is 12.5. The summed E-state index contributed by atoms with van der Waals surface area (Å²) >= 11 is 5.76. The third-order valence-corrected chi connectivity index (χ3v) is 4.19. The van der Waals surface area contributed by atoms with Crippen molar-refractivity contribution < 1.29 is 9.21 Å². The summed E-state index contributed by atoms with van der Waals surface area (Å²) in [6.45, 7) is 2.49. The lowest BCUT2D eigenvalue weighted by Gasteiger charge is -2.33. The molecule has 0 atom stereocenters. The van der Waals surface area contributed by atoms with Crippen molar-refractivity contribution in [1.82, 2.24) is 19.9 Å². The topological polar surface area (TPSA) is 75.4 Å². The van der Waals surface area contributed by atoms with Gasteiger partial charge in [-0.2, -0.15) is 4.98 Å². The third-order valence-electron chi connectivity index (χ3n) is 3.97. The molecule has 1 amide bonds. The largest absolute Gasteiger partial charge is 0.422 e. The molecular formula is C16H14ClN5O2. The van der Waals surface area contributed by atoms with Gasteiger partial charge in [0, 0.05) is 38.6 Å². The second-order valence-corrected chi connectivity index (χ2v) is 5.86. The Morgan fingerprint density at radius 1 is 1.12 bits per heavy atom. The van der Waals surface area contributed by atoms with Crippen LogP contribution in [0.25, 0.3) is 11.2 Å². The third kappa shape index (κ3) is 2.78. The van der Waals surface area contributed by atoms with Crippen LogP contribution in [0.2, 0.25) is 5.15 Å².